The summed E-state index contributed by atoms with van der Waals surface area (Å²) in [7, 11) is 1.57. The van der Waals surface area contributed by atoms with Crippen molar-refractivity contribution in [1.82, 2.24) is 9.97 Å². The van der Waals surface area contributed by atoms with Gasteiger partial charge in [0.2, 0.25) is 5.95 Å². The molecular weight excluding hydrogens is 454 g/mol. The Kier molecular flexibility index (Phi) is 5.74. The highest BCUT2D eigenvalue weighted by atomic mass is 19.1. The van der Waals surface area contributed by atoms with E-state index in [1.54, 1.807) is 25.4 Å². The van der Waals surface area contributed by atoms with Gasteiger partial charge in [0.05, 0.1) is 24.1 Å². The third-order valence-electron chi connectivity index (χ3n) is 5.79. The summed E-state index contributed by atoms with van der Waals surface area (Å²) in [6.45, 7) is 0.201. The first-order valence-corrected chi connectivity index (χ1v) is 10.8. The van der Waals surface area contributed by atoms with Crippen LogP contribution >= 0.6 is 0 Å². The zero-order chi connectivity index (χ0) is 24.5. The summed E-state index contributed by atoms with van der Waals surface area (Å²) in [5, 5.41) is 12.7. The van der Waals surface area contributed by atoms with Crippen molar-refractivity contribution >= 4 is 29.0 Å². The third kappa shape index (κ3) is 4.23. The van der Waals surface area contributed by atoms with E-state index in [1.807, 2.05) is 18.2 Å². The van der Waals surface area contributed by atoms with Crippen molar-refractivity contribution in [2.45, 2.75) is 6.42 Å². The largest absolute Gasteiger partial charge is 0.497 e. The number of halogens is 2. The van der Waals surface area contributed by atoms with Crippen molar-refractivity contribution in [2.75, 3.05) is 23.9 Å². The first-order chi connectivity index (χ1) is 16.9. The van der Waals surface area contributed by atoms with E-state index in [1.165, 1.54) is 35.2 Å². The molecule has 0 spiro atoms. The molecule has 2 heterocycles. The van der Waals surface area contributed by atoms with Crippen molar-refractivity contribution in [3.05, 3.63) is 89.6 Å². The van der Waals surface area contributed by atoms with E-state index in [9.17, 15) is 18.7 Å². The summed E-state index contributed by atoms with van der Waals surface area (Å²) >= 11 is 0. The lowest BCUT2D eigenvalue weighted by Crippen LogP contribution is -2.22. The molecule has 176 valence electrons. The Hall–Kier alpha value is -4.53. The molecule has 0 saturated carbocycles. The number of ether oxygens (including phenoxy) is 1. The van der Waals surface area contributed by atoms with Gasteiger partial charge in [-0.15, -0.1) is 0 Å². The number of para-hydroxylation sites is 1. The topological polar surface area (TPSA) is 87.6 Å². The Morgan fingerprint density at radius 3 is 2.60 bits per heavy atom. The minimum absolute atomic E-state index is 0.00210. The maximum absolute atomic E-state index is 14.8. The van der Waals surface area contributed by atoms with Gasteiger partial charge in [-0.3, -0.25) is 0 Å². The number of benzene rings is 3. The third-order valence-corrected chi connectivity index (χ3v) is 5.79. The van der Waals surface area contributed by atoms with E-state index in [-0.39, 0.29) is 17.8 Å². The van der Waals surface area contributed by atoms with Crippen LogP contribution < -0.4 is 15.0 Å². The van der Waals surface area contributed by atoms with E-state index in [0.29, 0.717) is 35.1 Å². The van der Waals surface area contributed by atoms with Crippen LogP contribution in [-0.2, 0) is 6.42 Å². The van der Waals surface area contributed by atoms with Crippen molar-refractivity contribution in [2.24, 2.45) is 0 Å². The van der Waals surface area contributed by atoms with Gasteiger partial charge in [0, 0.05) is 30.1 Å². The Balaban J connectivity index is 1.64. The number of carbonyl (C=O) groups is 1. The number of anilines is 4. The van der Waals surface area contributed by atoms with Crippen LogP contribution in [0.4, 0.5) is 31.8 Å². The Morgan fingerprint density at radius 1 is 1.09 bits per heavy atom. The first kappa shape index (κ1) is 22.3. The second-order valence-electron chi connectivity index (χ2n) is 7.93. The molecule has 1 aromatic heterocycles. The number of nitrogens with zero attached hydrogens (tertiary/aromatic N) is 3. The lowest BCUT2D eigenvalue weighted by atomic mass is 10.0. The number of carboxylic acid groups (broad SMARTS) is 1. The predicted octanol–water partition coefficient (Wildman–Crippen LogP) is 5.57. The minimum Gasteiger partial charge on any atom is -0.497 e. The Bertz CT molecular complexity index is 1420. The number of hydrogen-bond acceptors (Lipinski definition) is 6. The lowest BCUT2D eigenvalue weighted by molar-refractivity contribution is 0.0697. The molecule has 0 saturated heterocycles. The number of aromatic nitrogens is 2. The van der Waals surface area contributed by atoms with Crippen molar-refractivity contribution < 1.29 is 23.4 Å². The lowest BCUT2D eigenvalue weighted by Gasteiger charge is -2.26. The summed E-state index contributed by atoms with van der Waals surface area (Å²) in [4.78, 5) is 22.3. The number of fused-ring (bicyclic) bond motifs is 3. The standard InChI is InChI=1S/C26H20F2N4O3/c1-35-18-5-2-4-17(13-18)30-26-29-14-16-10-11-32(24-20(27)6-3-7-21(24)28)22-12-15(25(33)34)8-9-19(22)23(16)31-26/h2-9,12-14H,10-11H2,1H3,(H,33,34)(H,29,30,31). The first-order valence-electron chi connectivity index (χ1n) is 10.8. The molecule has 0 amide bonds. The Labute approximate surface area is 199 Å². The zero-order valence-corrected chi connectivity index (χ0v) is 18.6. The maximum atomic E-state index is 14.8. The average molecular weight is 474 g/mol. The zero-order valence-electron chi connectivity index (χ0n) is 18.6. The molecule has 2 N–H and O–H groups in total. The second-order valence-corrected chi connectivity index (χ2v) is 7.93. The SMILES string of the molecule is COc1cccc(Nc2ncc3c(n2)-c2ccc(C(=O)O)cc2N(c2c(F)cccc2F)CC3)c1. The van der Waals surface area contributed by atoms with E-state index < -0.39 is 17.6 Å². The van der Waals surface area contributed by atoms with Crippen molar-refractivity contribution in [1.29, 1.82) is 0 Å². The van der Waals surface area contributed by atoms with Crippen molar-refractivity contribution in [3.8, 4) is 17.0 Å². The van der Waals surface area contributed by atoms with Crippen LogP contribution in [0.2, 0.25) is 0 Å². The summed E-state index contributed by atoms with van der Waals surface area (Å²) in [6.07, 6.45) is 2.06. The Morgan fingerprint density at radius 2 is 1.86 bits per heavy atom. The van der Waals surface area contributed by atoms with Gasteiger partial charge in [-0.25, -0.2) is 23.5 Å². The van der Waals surface area contributed by atoms with Gasteiger partial charge in [0.1, 0.15) is 23.1 Å². The van der Waals surface area contributed by atoms with Crippen molar-refractivity contribution in [3.63, 3.8) is 0 Å². The maximum Gasteiger partial charge on any atom is 0.335 e. The summed E-state index contributed by atoms with van der Waals surface area (Å²) in [6, 6.07) is 15.4. The molecule has 1 aliphatic heterocycles. The molecule has 35 heavy (non-hydrogen) atoms. The summed E-state index contributed by atoms with van der Waals surface area (Å²) in [5.74, 6) is -1.65. The molecule has 0 aliphatic carbocycles. The fourth-order valence-electron chi connectivity index (χ4n) is 4.13. The van der Waals surface area contributed by atoms with Gasteiger partial charge < -0.3 is 20.1 Å². The van der Waals surface area contributed by atoms with Gasteiger partial charge in [-0.1, -0.05) is 12.1 Å². The van der Waals surface area contributed by atoms with E-state index in [4.69, 9.17) is 4.74 Å². The van der Waals surface area contributed by atoms with Crippen LogP contribution in [0.3, 0.4) is 0 Å². The fourth-order valence-corrected chi connectivity index (χ4v) is 4.13. The van der Waals surface area contributed by atoms with E-state index in [0.717, 1.165) is 11.3 Å². The highest BCUT2D eigenvalue weighted by Crippen LogP contribution is 2.41. The van der Waals surface area contributed by atoms with Crippen LogP contribution in [-0.4, -0.2) is 34.7 Å². The number of methoxy groups -OCH3 is 1. The minimum atomic E-state index is -1.14. The van der Waals surface area contributed by atoms with Gasteiger partial charge in [-0.05, 0) is 54.4 Å². The monoisotopic (exact) mass is 474 g/mol. The normalized spacial score (nSPS) is 12.4. The van der Waals surface area contributed by atoms with Gasteiger partial charge in [0.25, 0.3) is 0 Å². The molecule has 0 atom stereocenters. The quantitative estimate of drug-likeness (QED) is 0.391. The molecule has 3 aromatic carbocycles. The van der Waals surface area contributed by atoms with Gasteiger partial charge in [0.15, 0.2) is 0 Å². The summed E-state index contributed by atoms with van der Waals surface area (Å²) < 4.78 is 34.8. The van der Waals surface area contributed by atoms with Crippen LogP contribution in [0.15, 0.2) is 66.9 Å². The molecule has 7 nitrogen and oxygen atoms in total. The van der Waals surface area contributed by atoms with E-state index in [2.05, 4.69) is 15.3 Å². The predicted molar refractivity (Wildman–Crippen MR) is 128 cm³/mol. The molecule has 0 fully saturated rings. The molecule has 1 aliphatic rings. The highest BCUT2D eigenvalue weighted by molar-refractivity contribution is 5.93. The number of nitrogens with one attached hydrogen (secondary N) is 1. The molecule has 5 rings (SSSR count). The molecule has 0 bridgehead atoms. The number of rotatable bonds is 5. The smallest absolute Gasteiger partial charge is 0.335 e. The van der Waals surface area contributed by atoms with Crippen LogP contribution in [0.1, 0.15) is 15.9 Å². The highest BCUT2D eigenvalue weighted by Gasteiger charge is 2.27. The summed E-state index contributed by atoms with van der Waals surface area (Å²) in [5.41, 5.74) is 2.68. The molecule has 0 unspecified atom stereocenters. The van der Waals surface area contributed by atoms with E-state index >= 15 is 0 Å². The number of hydrogen-bond donors (Lipinski definition) is 2. The van der Waals surface area contributed by atoms with Gasteiger partial charge >= 0.3 is 5.97 Å². The molecule has 0 radical (unpaired) electrons. The molecular formula is C26H20F2N4O3. The van der Waals surface area contributed by atoms with Gasteiger partial charge in [-0.2, -0.15) is 0 Å². The number of aromatic carboxylic acids is 1. The molecule has 9 heteroatoms. The van der Waals surface area contributed by atoms with Crippen LogP contribution in [0.5, 0.6) is 5.75 Å². The van der Waals surface area contributed by atoms with Crippen LogP contribution in [0.25, 0.3) is 11.3 Å². The average Bonchev–Trinajstić information content (AvgIpc) is 3.01. The second kappa shape index (κ2) is 9.02. The number of carboxylic acids is 1. The molecule has 4 aromatic rings. The fraction of sp³-hybridized carbons (Fsp3) is 0.115. The van der Waals surface area contributed by atoms with Crippen LogP contribution in [0, 0.1) is 11.6 Å².